The van der Waals surface area contributed by atoms with Crippen LogP contribution in [0.25, 0.3) is 17.2 Å². The number of nitrogens with one attached hydrogen (secondary N) is 1. The normalized spacial score (nSPS) is 14.7. The largest absolute Gasteiger partial charge is 0.457 e. The number of ether oxygens (including phenoxy) is 1. The quantitative estimate of drug-likeness (QED) is 0.253. The van der Waals surface area contributed by atoms with Crippen LogP contribution in [0.4, 0.5) is 5.69 Å². The number of anilines is 1. The van der Waals surface area contributed by atoms with Crippen LogP contribution in [0.3, 0.4) is 0 Å². The molecule has 1 aliphatic heterocycles. The molecule has 1 aromatic heterocycles. The van der Waals surface area contributed by atoms with E-state index < -0.39 is 11.8 Å². The van der Waals surface area contributed by atoms with Gasteiger partial charge in [-0.2, -0.15) is 0 Å². The van der Waals surface area contributed by atoms with Gasteiger partial charge in [-0.25, -0.2) is 9.97 Å². The molecule has 1 aliphatic rings. The number of thiocarbonyl (C=S) groups is 1. The first kappa shape index (κ1) is 22.1. The Bertz CT molecular complexity index is 1440. The summed E-state index contributed by atoms with van der Waals surface area (Å²) in [5, 5.41) is 2.63. The van der Waals surface area contributed by atoms with Crippen molar-refractivity contribution in [1.82, 2.24) is 15.3 Å². The van der Waals surface area contributed by atoms with E-state index in [9.17, 15) is 9.59 Å². The minimum atomic E-state index is -0.556. The molecule has 0 bridgehead atoms. The molecule has 5 rings (SSSR count). The van der Waals surface area contributed by atoms with E-state index in [4.69, 9.17) is 17.0 Å². The number of aromatic nitrogens is 2. The first-order chi connectivity index (χ1) is 17.1. The van der Waals surface area contributed by atoms with Gasteiger partial charge < -0.3 is 4.74 Å². The summed E-state index contributed by atoms with van der Waals surface area (Å²) >= 11 is 5.32. The zero-order valence-electron chi connectivity index (χ0n) is 18.3. The van der Waals surface area contributed by atoms with Crippen LogP contribution < -0.4 is 15.0 Å². The number of nitrogens with zero attached hydrogens (tertiary/aromatic N) is 3. The SMILES string of the molecule is O=C1NC(=S)N(c2ccc(Oc3ccccc3)cc2)C(=O)C1=Cc1ccccc1-c1cncnc1. The van der Waals surface area contributed by atoms with E-state index in [1.165, 1.54) is 11.2 Å². The van der Waals surface area contributed by atoms with E-state index in [1.807, 2.05) is 54.6 Å². The van der Waals surface area contributed by atoms with Gasteiger partial charge in [-0.3, -0.25) is 19.8 Å². The van der Waals surface area contributed by atoms with Crippen molar-refractivity contribution in [2.75, 3.05) is 4.90 Å². The lowest BCUT2D eigenvalue weighted by Crippen LogP contribution is -2.54. The summed E-state index contributed by atoms with van der Waals surface area (Å²) in [6.07, 6.45) is 6.35. The van der Waals surface area contributed by atoms with E-state index in [0.717, 1.165) is 11.1 Å². The van der Waals surface area contributed by atoms with Crippen molar-refractivity contribution in [3.05, 3.63) is 109 Å². The van der Waals surface area contributed by atoms with Gasteiger partial charge in [-0.1, -0.05) is 42.5 Å². The minimum absolute atomic E-state index is 0.0126. The highest BCUT2D eigenvalue weighted by Gasteiger charge is 2.34. The van der Waals surface area contributed by atoms with Gasteiger partial charge in [0.25, 0.3) is 11.8 Å². The number of para-hydroxylation sites is 1. The predicted octanol–water partition coefficient (Wildman–Crippen LogP) is 4.77. The molecular formula is C27H18N4O3S. The third kappa shape index (κ3) is 4.68. The Balaban J connectivity index is 1.45. The summed E-state index contributed by atoms with van der Waals surface area (Å²) in [5.41, 5.74) is 2.72. The Kier molecular flexibility index (Phi) is 6.11. The average Bonchev–Trinajstić information content (AvgIpc) is 2.89. The Hall–Kier alpha value is -4.69. The molecule has 170 valence electrons. The van der Waals surface area contributed by atoms with E-state index in [0.29, 0.717) is 22.7 Å². The molecule has 2 amide bonds. The van der Waals surface area contributed by atoms with Gasteiger partial charge in [0.15, 0.2) is 5.11 Å². The van der Waals surface area contributed by atoms with Crippen molar-refractivity contribution in [2.45, 2.75) is 0 Å². The third-order valence-electron chi connectivity index (χ3n) is 5.31. The topological polar surface area (TPSA) is 84.4 Å². The molecule has 8 heteroatoms. The van der Waals surface area contributed by atoms with Gasteiger partial charge in [0.05, 0.1) is 5.69 Å². The number of benzene rings is 3. The molecule has 4 aromatic rings. The van der Waals surface area contributed by atoms with Gasteiger partial charge in [-0.05, 0) is 65.8 Å². The van der Waals surface area contributed by atoms with Crippen LogP contribution in [0, 0.1) is 0 Å². The molecule has 0 radical (unpaired) electrons. The van der Waals surface area contributed by atoms with Crippen molar-refractivity contribution < 1.29 is 14.3 Å². The van der Waals surface area contributed by atoms with Crippen molar-refractivity contribution in [2.24, 2.45) is 0 Å². The maximum Gasteiger partial charge on any atom is 0.270 e. The molecule has 1 saturated heterocycles. The number of carbonyl (C=O) groups excluding carboxylic acids is 2. The Labute approximate surface area is 206 Å². The van der Waals surface area contributed by atoms with Gasteiger partial charge >= 0.3 is 0 Å². The van der Waals surface area contributed by atoms with Crippen LogP contribution in [0.1, 0.15) is 5.56 Å². The fraction of sp³-hybridized carbons (Fsp3) is 0. The maximum atomic E-state index is 13.4. The van der Waals surface area contributed by atoms with Crippen LogP contribution in [0.5, 0.6) is 11.5 Å². The van der Waals surface area contributed by atoms with Crippen molar-refractivity contribution in [3.63, 3.8) is 0 Å². The van der Waals surface area contributed by atoms with Crippen LogP contribution in [-0.4, -0.2) is 26.9 Å². The summed E-state index contributed by atoms with van der Waals surface area (Å²) in [7, 11) is 0. The Morgan fingerprint density at radius 2 is 1.49 bits per heavy atom. The molecule has 0 unspecified atom stereocenters. The van der Waals surface area contributed by atoms with Crippen LogP contribution in [0.2, 0.25) is 0 Å². The predicted molar refractivity (Wildman–Crippen MR) is 137 cm³/mol. The second-order valence-corrected chi connectivity index (χ2v) is 7.97. The number of amides is 2. The molecule has 0 atom stereocenters. The number of hydrogen-bond donors (Lipinski definition) is 1. The van der Waals surface area contributed by atoms with Crippen LogP contribution >= 0.6 is 12.2 Å². The van der Waals surface area contributed by atoms with E-state index in [1.54, 1.807) is 42.7 Å². The Morgan fingerprint density at radius 1 is 0.829 bits per heavy atom. The summed E-state index contributed by atoms with van der Waals surface area (Å²) in [4.78, 5) is 35.6. The highest BCUT2D eigenvalue weighted by atomic mass is 32.1. The summed E-state index contributed by atoms with van der Waals surface area (Å²) in [6, 6.07) is 23.7. The van der Waals surface area contributed by atoms with Crippen molar-refractivity contribution in [1.29, 1.82) is 0 Å². The highest BCUT2D eigenvalue weighted by molar-refractivity contribution is 7.80. The number of hydrogen-bond acceptors (Lipinski definition) is 6. The van der Waals surface area contributed by atoms with Crippen LogP contribution in [0.15, 0.2) is 103 Å². The third-order valence-corrected chi connectivity index (χ3v) is 5.59. The van der Waals surface area contributed by atoms with Gasteiger partial charge in [0.2, 0.25) is 0 Å². The smallest absolute Gasteiger partial charge is 0.270 e. The summed E-state index contributed by atoms with van der Waals surface area (Å²) < 4.78 is 5.82. The zero-order chi connectivity index (χ0) is 24.2. The lowest BCUT2D eigenvalue weighted by molar-refractivity contribution is -0.122. The molecule has 1 fully saturated rings. The molecule has 0 spiro atoms. The molecular weight excluding hydrogens is 460 g/mol. The fourth-order valence-corrected chi connectivity index (χ4v) is 3.94. The van der Waals surface area contributed by atoms with Gasteiger partial charge in [0.1, 0.15) is 23.4 Å². The summed E-state index contributed by atoms with van der Waals surface area (Å²) in [5.74, 6) is 0.230. The summed E-state index contributed by atoms with van der Waals surface area (Å²) in [6.45, 7) is 0. The molecule has 35 heavy (non-hydrogen) atoms. The monoisotopic (exact) mass is 478 g/mol. The maximum absolute atomic E-state index is 13.4. The standard InChI is InChI=1S/C27H18N4O3S/c32-25-24(14-18-6-4-5-9-23(18)19-15-28-17-29-16-19)26(33)31(27(35)30-25)20-10-12-22(13-11-20)34-21-7-2-1-3-8-21/h1-17H,(H,30,32,35). The minimum Gasteiger partial charge on any atom is -0.457 e. The van der Waals surface area contributed by atoms with Gasteiger partial charge in [-0.15, -0.1) is 0 Å². The lowest BCUT2D eigenvalue weighted by atomic mass is 9.99. The average molecular weight is 479 g/mol. The molecule has 2 heterocycles. The Morgan fingerprint density at radius 3 is 2.23 bits per heavy atom. The molecule has 1 N–H and O–H groups in total. The number of carbonyl (C=O) groups is 2. The fourth-order valence-electron chi connectivity index (χ4n) is 3.66. The van der Waals surface area contributed by atoms with Gasteiger partial charge in [0, 0.05) is 18.0 Å². The highest BCUT2D eigenvalue weighted by Crippen LogP contribution is 2.29. The molecule has 0 aliphatic carbocycles. The van der Waals surface area contributed by atoms with E-state index in [2.05, 4.69) is 15.3 Å². The van der Waals surface area contributed by atoms with Crippen molar-refractivity contribution >= 4 is 40.9 Å². The first-order valence-electron chi connectivity index (χ1n) is 10.7. The molecule has 7 nitrogen and oxygen atoms in total. The zero-order valence-corrected chi connectivity index (χ0v) is 19.1. The first-order valence-corrected chi connectivity index (χ1v) is 11.1. The van der Waals surface area contributed by atoms with E-state index in [-0.39, 0.29) is 10.7 Å². The number of rotatable bonds is 5. The second-order valence-electron chi connectivity index (χ2n) is 7.58. The second kappa shape index (κ2) is 9.66. The lowest BCUT2D eigenvalue weighted by Gasteiger charge is -2.29. The van der Waals surface area contributed by atoms with Crippen molar-refractivity contribution in [3.8, 4) is 22.6 Å². The van der Waals surface area contributed by atoms with Crippen LogP contribution in [-0.2, 0) is 9.59 Å². The molecule has 0 saturated carbocycles. The van der Waals surface area contributed by atoms with E-state index >= 15 is 0 Å². The molecule has 3 aromatic carbocycles.